The van der Waals surface area contributed by atoms with E-state index < -0.39 is 24.3 Å². The molecule has 30 heavy (non-hydrogen) atoms. The summed E-state index contributed by atoms with van der Waals surface area (Å²) in [6, 6.07) is 12.1. The zero-order valence-corrected chi connectivity index (χ0v) is 20.3. The van der Waals surface area contributed by atoms with Gasteiger partial charge < -0.3 is 9.16 Å². The largest absolute Gasteiger partial charge is 0.489 e. The summed E-state index contributed by atoms with van der Waals surface area (Å²) in [4.78, 5) is 0. The standard InChI is InChI=1S/C22H31FO5SSi/c1-22(2,3)30(5,6)28-15-17-8-7-9-20(13-17)26-14-18-10-11-21(23)19(12-18)16-27-29(4,24)25/h7-13H,14-16H2,1-6H3. The lowest BCUT2D eigenvalue weighted by atomic mass is 10.1. The van der Waals surface area contributed by atoms with Crippen LogP contribution in [0.2, 0.25) is 18.1 Å². The van der Waals surface area contributed by atoms with Crippen molar-refractivity contribution < 1.29 is 26.2 Å². The van der Waals surface area contributed by atoms with Crippen LogP contribution in [0.3, 0.4) is 0 Å². The van der Waals surface area contributed by atoms with Crippen LogP contribution in [-0.2, 0) is 38.5 Å². The number of hydrogen-bond donors (Lipinski definition) is 0. The first-order valence-corrected chi connectivity index (χ1v) is 14.5. The minimum Gasteiger partial charge on any atom is -0.489 e. The maximum atomic E-state index is 13.9. The zero-order chi connectivity index (χ0) is 22.6. The van der Waals surface area contributed by atoms with Crippen LogP contribution in [0.1, 0.15) is 37.5 Å². The molecule has 0 saturated carbocycles. The fourth-order valence-corrected chi connectivity index (χ4v) is 3.67. The van der Waals surface area contributed by atoms with Gasteiger partial charge in [-0.3, -0.25) is 4.18 Å². The maximum Gasteiger partial charge on any atom is 0.264 e. The van der Waals surface area contributed by atoms with Crippen molar-refractivity contribution in [2.24, 2.45) is 0 Å². The molecule has 166 valence electrons. The fourth-order valence-electron chi connectivity index (χ4n) is 2.37. The predicted octanol–water partition coefficient (Wildman–Crippen LogP) is 5.40. The molecule has 0 bridgehead atoms. The van der Waals surface area contributed by atoms with Gasteiger partial charge in [-0.1, -0.05) is 39.0 Å². The Morgan fingerprint density at radius 3 is 2.27 bits per heavy atom. The van der Waals surface area contributed by atoms with Crippen molar-refractivity contribution in [3.63, 3.8) is 0 Å². The highest BCUT2D eigenvalue weighted by Gasteiger charge is 2.37. The van der Waals surface area contributed by atoms with E-state index in [9.17, 15) is 12.8 Å². The first-order valence-electron chi connectivity index (χ1n) is 9.74. The van der Waals surface area contributed by atoms with Crippen LogP contribution in [-0.4, -0.2) is 23.0 Å². The van der Waals surface area contributed by atoms with Gasteiger partial charge in [0.15, 0.2) is 8.32 Å². The van der Waals surface area contributed by atoms with Crippen LogP contribution in [0.25, 0.3) is 0 Å². The van der Waals surface area contributed by atoms with E-state index in [1.807, 2.05) is 24.3 Å². The lowest BCUT2D eigenvalue weighted by Crippen LogP contribution is -2.40. The Balaban J connectivity index is 2.00. The third-order valence-electron chi connectivity index (χ3n) is 5.25. The molecular weight excluding hydrogens is 423 g/mol. The summed E-state index contributed by atoms with van der Waals surface area (Å²) >= 11 is 0. The summed E-state index contributed by atoms with van der Waals surface area (Å²) in [6.07, 6.45) is 0.930. The lowest BCUT2D eigenvalue weighted by Gasteiger charge is -2.36. The molecule has 0 spiro atoms. The molecule has 0 aliphatic carbocycles. The summed E-state index contributed by atoms with van der Waals surface area (Å²) in [5.74, 6) is 0.164. The van der Waals surface area contributed by atoms with Gasteiger partial charge in [0.2, 0.25) is 0 Å². The normalized spacial score (nSPS) is 12.8. The van der Waals surface area contributed by atoms with Gasteiger partial charge >= 0.3 is 0 Å². The van der Waals surface area contributed by atoms with Crippen molar-refractivity contribution in [1.29, 1.82) is 0 Å². The predicted molar refractivity (Wildman–Crippen MR) is 119 cm³/mol. The van der Waals surface area contributed by atoms with Crippen LogP contribution >= 0.6 is 0 Å². The van der Waals surface area contributed by atoms with E-state index in [2.05, 4.69) is 38.0 Å². The Morgan fingerprint density at radius 2 is 1.63 bits per heavy atom. The molecule has 2 rings (SSSR count). The third-order valence-corrected chi connectivity index (χ3v) is 10.3. The van der Waals surface area contributed by atoms with Gasteiger partial charge in [-0.15, -0.1) is 0 Å². The van der Waals surface area contributed by atoms with E-state index in [1.54, 1.807) is 12.1 Å². The number of hydrogen-bond acceptors (Lipinski definition) is 5. The van der Waals surface area contributed by atoms with E-state index >= 15 is 0 Å². The van der Waals surface area contributed by atoms with Crippen molar-refractivity contribution in [1.82, 2.24) is 0 Å². The van der Waals surface area contributed by atoms with Crippen molar-refractivity contribution in [2.45, 2.75) is 58.7 Å². The van der Waals surface area contributed by atoms with E-state index in [-0.39, 0.29) is 23.8 Å². The SMILES string of the molecule is CC(C)(C)[Si](C)(C)OCc1cccc(OCc2ccc(F)c(COS(C)(=O)=O)c2)c1. The first-order chi connectivity index (χ1) is 13.8. The molecule has 0 unspecified atom stereocenters. The van der Waals surface area contributed by atoms with Crippen molar-refractivity contribution in [3.05, 3.63) is 65.0 Å². The molecule has 5 nitrogen and oxygen atoms in total. The molecule has 0 aliphatic rings. The van der Waals surface area contributed by atoms with E-state index in [0.717, 1.165) is 11.8 Å². The number of benzene rings is 2. The molecule has 2 aromatic rings. The lowest BCUT2D eigenvalue weighted by molar-refractivity contribution is 0.273. The molecule has 2 aromatic carbocycles. The van der Waals surface area contributed by atoms with Gasteiger partial charge in [-0.2, -0.15) is 8.42 Å². The van der Waals surface area contributed by atoms with Crippen LogP contribution in [0, 0.1) is 5.82 Å². The van der Waals surface area contributed by atoms with Crippen LogP contribution in [0.15, 0.2) is 42.5 Å². The van der Waals surface area contributed by atoms with E-state index in [0.29, 0.717) is 17.9 Å². The second kappa shape index (κ2) is 9.59. The van der Waals surface area contributed by atoms with Crippen molar-refractivity contribution >= 4 is 18.4 Å². The highest BCUT2D eigenvalue weighted by Crippen LogP contribution is 2.37. The summed E-state index contributed by atoms with van der Waals surface area (Å²) in [6.45, 7) is 11.4. The highest BCUT2D eigenvalue weighted by atomic mass is 32.2. The Morgan fingerprint density at radius 1 is 0.967 bits per heavy atom. The topological polar surface area (TPSA) is 61.8 Å². The molecule has 0 aliphatic heterocycles. The fraction of sp³-hybridized carbons (Fsp3) is 0.455. The van der Waals surface area contributed by atoms with Crippen molar-refractivity contribution in [2.75, 3.05) is 6.26 Å². The third kappa shape index (κ3) is 7.50. The molecule has 0 amide bonds. The summed E-state index contributed by atoms with van der Waals surface area (Å²) in [5, 5.41) is 0.141. The molecule has 0 N–H and O–H groups in total. The average molecular weight is 455 g/mol. The summed E-state index contributed by atoms with van der Waals surface area (Å²) in [5.41, 5.74) is 1.91. The molecule has 0 aromatic heterocycles. The minimum absolute atomic E-state index is 0.141. The monoisotopic (exact) mass is 454 g/mol. The van der Waals surface area contributed by atoms with Crippen LogP contribution in [0.4, 0.5) is 4.39 Å². The number of ether oxygens (including phenoxy) is 1. The second-order valence-corrected chi connectivity index (χ2v) is 15.3. The van der Waals surface area contributed by atoms with Gasteiger partial charge in [0, 0.05) is 5.56 Å². The number of rotatable bonds is 9. The van der Waals surface area contributed by atoms with Gasteiger partial charge in [0.25, 0.3) is 10.1 Å². The number of halogens is 1. The summed E-state index contributed by atoms with van der Waals surface area (Å²) < 4.78 is 53.0. The smallest absolute Gasteiger partial charge is 0.264 e. The van der Waals surface area contributed by atoms with Gasteiger partial charge in [-0.05, 0) is 53.5 Å². The summed E-state index contributed by atoms with van der Waals surface area (Å²) in [7, 11) is -5.48. The second-order valence-electron chi connectivity index (χ2n) is 8.88. The van der Waals surface area contributed by atoms with Gasteiger partial charge in [-0.25, -0.2) is 4.39 Å². The average Bonchev–Trinajstić information content (AvgIpc) is 2.63. The van der Waals surface area contributed by atoms with Crippen molar-refractivity contribution in [3.8, 4) is 5.75 Å². The van der Waals surface area contributed by atoms with Gasteiger partial charge in [0.05, 0.1) is 19.5 Å². The molecule has 8 heteroatoms. The zero-order valence-electron chi connectivity index (χ0n) is 18.5. The van der Waals surface area contributed by atoms with E-state index in [1.165, 1.54) is 6.07 Å². The first kappa shape index (κ1) is 24.5. The molecule has 0 heterocycles. The van der Waals surface area contributed by atoms with Crippen LogP contribution < -0.4 is 4.74 Å². The molecule has 0 radical (unpaired) electrons. The van der Waals surface area contributed by atoms with E-state index in [4.69, 9.17) is 9.16 Å². The van der Waals surface area contributed by atoms with Gasteiger partial charge in [0.1, 0.15) is 18.2 Å². The quantitative estimate of drug-likeness (QED) is 0.375. The minimum atomic E-state index is -3.64. The Hall–Kier alpha value is -1.74. The van der Waals surface area contributed by atoms with Crippen LogP contribution in [0.5, 0.6) is 5.75 Å². The molecule has 0 fully saturated rings. The maximum absolute atomic E-state index is 13.9. The Labute approximate surface area is 180 Å². The molecular formula is C22H31FO5SSi. The highest BCUT2D eigenvalue weighted by molar-refractivity contribution is 7.85. The Bertz CT molecular complexity index is 968. The molecule has 0 saturated heterocycles. The Kier molecular flexibility index (Phi) is 7.84. The molecule has 0 atom stereocenters.